The largest absolute Gasteiger partial charge is 0.403 e. The molecule has 0 aliphatic heterocycles. The molecule has 0 fully saturated rings. The summed E-state index contributed by atoms with van der Waals surface area (Å²) in [5, 5.41) is 9.36. The molecule has 18 heavy (non-hydrogen) atoms. The summed E-state index contributed by atoms with van der Waals surface area (Å²) in [6.45, 7) is 0. The van der Waals surface area contributed by atoms with Crippen LogP contribution in [0.4, 0.5) is 22.0 Å². The van der Waals surface area contributed by atoms with Gasteiger partial charge in [0.1, 0.15) is 17.7 Å². The van der Waals surface area contributed by atoms with Crippen LogP contribution in [-0.2, 0) is 0 Å². The van der Waals surface area contributed by atoms with Gasteiger partial charge in [0.05, 0.1) is 11.7 Å². The van der Waals surface area contributed by atoms with Crippen molar-refractivity contribution in [3.8, 4) is 0 Å². The summed E-state index contributed by atoms with van der Waals surface area (Å²) in [7, 11) is 0. The van der Waals surface area contributed by atoms with Gasteiger partial charge in [-0.25, -0.2) is 8.78 Å². The Bertz CT molecular complexity index is 378. The van der Waals surface area contributed by atoms with Gasteiger partial charge in [0.2, 0.25) is 0 Å². The van der Waals surface area contributed by atoms with E-state index >= 15 is 0 Å². The molecule has 0 aliphatic rings. The van der Waals surface area contributed by atoms with Gasteiger partial charge in [0, 0.05) is 6.42 Å². The summed E-state index contributed by atoms with van der Waals surface area (Å²) in [6, 6.07) is 0.406. The minimum atomic E-state index is -4.72. The zero-order valence-electron chi connectivity index (χ0n) is 8.92. The lowest BCUT2D eigenvalue weighted by Crippen LogP contribution is -2.38. The minimum absolute atomic E-state index is 0. The second-order valence-electron chi connectivity index (χ2n) is 3.53. The third-order valence-electron chi connectivity index (χ3n) is 2.23. The number of hydrogen-bond donors (Lipinski definition) is 2. The van der Waals surface area contributed by atoms with Crippen molar-refractivity contribution in [2.24, 2.45) is 5.73 Å². The molecule has 104 valence electrons. The SMILES string of the molecule is Cl.N[C@H](C[C@H](O)c1c(F)cccc1F)C(F)(F)F. The molecule has 0 radical (unpaired) electrons. The second kappa shape index (κ2) is 6.31. The van der Waals surface area contributed by atoms with Crippen molar-refractivity contribution in [3.05, 3.63) is 35.4 Å². The van der Waals surface area contributed by atoms with Crippen LogP contribution in [0.2, 0.25) is 0 Å². The first-order valence-corrected chi connectivity index (χ1v) is 4.67. The Kier molecular flexibility index (Phi) is 5.98. The fraction of sp³-hybridized carbons (Fsp3) is 0.400. The van der Waals surface area contributed by atoms with E-state index in [4.69, 9.17) is 5.73 Å². The van der Waals surface area contributed by atoms with Gasteiger partial charge in [-0.05, 0) is 12.1 Å². The van der Waals surface area contributed by atoms with Crippen molar-refractivity contribution in [2.45, 2.75) is 24.7 Å². The lowest BCUT2D eigenvalue weighted by atomic mass is 10.0. The van der Waals surface area contributed by atoms with Crippen LogP contribution in [0.3, 0.4) is 0 Å². The molecular formula is C10H11ClF5NO. The van der Waals surface area contributed by atoms with E-state index in [-0.39, 0.29) is 12.4 Å². The van der Waals surface area contributed by atoms with Crippen molar-refractivity contribution < 1.29 is 27.1 Å². The average molecular weight is 292 g/mol. The predicted octanol–water partition coefficient (Wildman–Crippen LogP) is 2.70. The molecule has 0 bridgehead atoms. The zero-order valence-corrected chi connectivity index (χ0v) is 9.73. The summed E-state index contributed by atoms with van der Waals surface area (Å²) in [6.07, 6.45) is -7.66. The topological polar surface area (TPSA) is 46.2 Å². The maximum atomic E-state index is 13.1. The molecule has 2 nitrogen and oxygen atoms in total. The fourth-order valence-electron chi connectivity index (χ4n) is 1.32. The molecule has 1 aromatic rings. The highest BCUT2D eigenvalue weighted by Gasteiger charge is 2.38. The van der Waals surface area contributed by atoms with E-state index in [1.54, 1.807) is 0 Å². The first-order valence-electron chi connectivity index (χ1n) is 4.67. The standard InChI is InChI=1S/C10H10F5NO.ClH/c11-5-2-1-3-6(12)9(5)7(17)4-8(16)10(13,14)15;/h1-3,7-8,17H,4,16H2;1H/t7-,8+;/m0./s1. The fourth-order valence-corrected chi connectivity index (χ4v) is 1.32. The highest BCUT2D eigenvalue weighted by Crippen LogP contribution is 2.29. The molecule has 3 N–H and O–H groups in total. The van der Waals surface area contributed by atoms with Crippen LogP contribution in [0.1, 0.15) is 18.1 Å². The Morgan fingerprint density at radius 1 is 1.17 bits per heavy atom. The zero-order chi connectivity index (χ0) is 13.2. The van der Waals surface area contributed by atoms with Crippen LogP contribution in [0.5, 0.6) is 0 Å². The molecule has 0 saturated heterocycles. The smallest absolute Gasteiger partial charge is 0.388 e. The van der Waals surface area contributed by atoms with Gasteiger partial charge in [0.15, 0.2) is 0 Å². The van der Waals surface area contributed by atoms with E-state index in [0.717, 1.165) is 18.2 Å². The minimum Gasteiger partial charge on any atom is -0.388 e. The Morgan fingerprint density at radius 3 is 2.00 bits per heavy atom. The first-order chi connectivity index (χ1) is 7.73. The summed E-state index contributed by atoms with van der Waals surface area (Å²) in [4.78, 5) is 0. The molecule has 0 amide bonds. The maximum Gasteiger partial charge on any atom is 0.403 e. The number of halogens is 6. The van der Waals surface area contributed by atoms with Crippen LogP contribution in [0.25, 0.3) is 0 Å². The summed E-state index contributed by atoms with van der Waals surface area (Å²) in [5.41, 5.74) is 3.96. The summed E-state index contributed by atoms with van der Waals surface area (Å²) < 4.78 is 62.6. The third kappa shape index (κ3) is 4.08. The van der Waals surface area contributed by atoms with Crippen LogP contribution >= 0.6 is 12.4 Å². The van der Waals surface area contributed by atoms with E-state index in [9.17, 15) is 27.1 Å². The lowest BCUT2D eigenvalue weighted by Gasteiger charge is -2.19. The molecule has 0 spiro atoms. The number of aliphatic hydroxyl groups is 1. The van der Waals surface area contributed by atoms with Gasteiger partial charge in [-0.3, -0.25) is 0 Å². The number of hydrogen-bond acceptors (Lipinski definition) is 2. The molecule has 1 aromatic carbocycles. The normalized spacial score (nSPS) is 14.8. The number of benzene rings is 1. The molecule has 8 heteroatoms. The van der Waals surface area contributed by atoms with Crippen LogP contribution in [-0.4, -0.2) is 17.3 Å². The van der Waals surface area contributed by atoms with Crippen LogP contribution in [0, 0.1) is 11.6 Å². The maximum absolute atomic E-state index is 13.1. The van der Waals surface area contributed by atoms with Crippen LogP contribution in [0.15, 0.2) is 18.2 Å². The number of alkyl halides is 3. The van der Waals surface area contributed by atoms with Gasteiger partial charge in [-0.15, -0.1) is 12.4 Å². The number of aliphatic hydroxyl groups excluding tert-OH is 1. The van der Waals surface area contributed by atoms with E-state index in [2.05, 4.69) is 0 Å². The highest BCUT2D eigenvalue weighted by atomic mass is 35.5. The van der Waals surface area contributed by atoms with Crippen LogP contribution < -0.4 is 5.73 Å². The first kappa shape index (κ1) is 17.1. The second-order valence-corrected chi connectivity index (χ2v) is 3.53. The quantitative estimate of drug-likeness (QED) is 0.841. The molecular weight excluding hydrogens is 281 g/mol. The average Bonchev–Trinajstić information content (AvgIpc) is 2.15. The molecule has 2 atom stereocenters. The Balaban J connectivity index is 0.00000289. The van der Waals surface area contributed by atoms with E-state index < -0.39 is 41.9 Å². The van der Waals surface area contributed by atoms with Gasteiger partial charge >= 0.3 is 6.18 Å². The summed E-state index contributed by atoms with van der Waals surface area (Å²) in [5.74, 6) is -2.21. The van der Waals surface area contributed by atoms with Gasteiger partial charge in [-0.1, -0.05) is 6.07 Å². The van der Waals surface area contributed by atoms with E-state index in [1.165, 1.54) is 0 Å². The van der Waals surface area contributed by atoms with Gasteiger partial charge in [0.25, 0.3) is 0 Å². The molecule has 1 rings (SSSR count). The molecule has 0 unspecified atom stereocenters. The summed E-state index contributed by atoms with van der Waals surface area (Å²) >= 11 is 0. The predicted molar refractivity (Wildman–Crippen MR) is 57.2 cm³/mol. The monoisotopic (exact) mass is 291 g/mol. The Hall–Kier alpha value is -0.920. The van der Waals surface area contributed by atoms with Crippen molar-refractivity contribution in [1.82, 2.24) is 0 Å². The number of rotatable bonds is 3. The highest BCUT2D eigenvalue weighted by molar-refractivity contribution is 5.85. The van der Waals surface area contributed by atoms with Crippen molar-refractivity contribution in [3.63, 3.8) is 0 Å². The molecule has 0 heterocycles. The van der Waals surface area contributed by atoms with Crippen molar-refractivity contribution in [2.75, 3.05) is 0 Å². The molecule has 0 saturated carbocycles. The lowest BCUT2D eigenvalue weighted by molar-refractivity contribution is -0.154. The third-order valence-corrected chi connectivity index (χ3v) is 2.23. The Labute approximate surface area is 106 Å². The van der Waals surface area contributed by atoms with E-state index in [1.807, 2.05) is 0 Å². The van der Waals surface area contributed by atoms with E-state index in [0.29, 0.717) is 0 Å². The van der Waals surface area contributed by atoms with Crippen molar-refractivity contribution in [1.29, 1.82) is 0 Å². The Morgan fingerprint density at radius 2 is 1.61 bits per heavy atom. The molecule has 0 aromatic heterocycles. The van der Waals surface area contributed by atoms with Gasteiger partial charge in [-0.2, -0.15) is 13.2 Å². The van der Waals surface area contributed by atoms with Gasteiger partial charge < -0.3 is 10.8 Å². The number of nitrogens with two attached hydrogens (primary N) is 1. The van der Waals surface area contributed by atoms with Crippen molar-refractivity contribution >= 4 is 12.4 Å². The molecule has 0 aliphatic carbocycles.